The highest BCUT2D eigenvalue weighted by atomic mass is 16.6. The van der Waals surface area contributed by atoms with Gasteiger partial charge >= 0.3 is 0 Å². The van der Waals surface area contributed by atoms with Crippen LogP contribution in [0.25, 0.3) is 0 Å². The van der Waals surface area contributed by atoms with Crippen LogP contribution in [-0.4, -0.2) is 46.5 Å². The summed E-state index contributed by atoms with van der Waals surface area (Å²) in [6.45, 7) is 4.57. The van der Waals surface area contributed by atoms with E-state index < -0.39 is 23.6 Å². The van der Waals surface area contributed by atoms with Crippen LogP contribution in [-0.2, 0) is 24.8 Å². The molecule has 2 amide bonds. The zero-order valence-electron chi connectivity index (χ0n) is 15.9. The van der Waals surface area contributed by atoms with E-state index in [-0.39, 0.29) is 11.8 Å². The van der Waals surface area contributed by atoms with E-state index in [1.807, 2.05) is 67.6 Å². The van der Waals surface area contributed by atoms with E-state index in [1.165, 1.54) is 0 Å². The minimum atomic E-state index is -1.16. The summed E-state index contributed by atoms with van der Waals surface area (Å²) in [7, 11) is 0. The maximum absolute atomic E-state index is 13.4. The summed E-state index contributed by atoms with van der Waals surface area (Å²) in [6.07, 6.45) is -1.26. The van der Waals surface area contributed by atoms with E-state index >= 15 is 0 Å². The molecule has 2 aromatic rings. The van der Waals surface area contributed by atoms with Crippen LogP contribution in [0.1, 0.15) is 31.1 Å². The minimum Gasteiger partial charge on any atom is -0.347 e. The summed E-state index contributed by atoms with van der Waals surface area (Å²) < 4.78 is 12.2. The molecule has 0 N–H and O–H groups in total. The van der Waals surface area contributed by atoms with Crippen LogP contribution in [0.15, 0.2) is 60.7 Å². The van der Waals surface area contributed by atoms with Gasteiger partial charge in [-0.15, -0.1) is 0 Å². The Hall–Kier alpha value is -2.70. The maximum Gasteiger partial charge on any atom is 0.259 e. The van der Waals surface area contributed by atoms with Gasteiger partial charge in [0.15, 0.2) is 11.6 Å². The molecular weight excluding hydrogens is 356 g/mol. The third-order valence-corrected chi connectivity index (χ3v) is 6.23. The lowest BCUT2D eigenvalue weighted by molar-refractivity contribution is -0.256. The summed E-state index contributed by atoms with van der Waals surface area (Å²) in [5.74, 6) is -0.314. The van der Waals surface area contributed by atoms with Crippen molar-refractivity contribution in [1.82, 2.24) is 9.80 Å². The van der Waals surface area contributed by atoms with Crippen molar-refractivity contribution in [2.75, 3.05) is 13.2 Å². The van der Waals surface area contributed by atoms with Crippen LogP contribution in [0.4, 0.5) is 0 Å². The highest BCUT2D eigenvalue weighted by molar-refractivity contribution is 6.00. The molecule has 3 saturated heterocycles. The van der Waals surface area contributed by atoms with Crippen molar-refractivity contribution in [1.29, 1.82) is 0 Å². The lowest BCUT2D eigenvalue weighted by Gasteiger charge is -2.62. The van der Waals surface area contributed by atoms with Crippen molar-refractivity contribution < 1.29 is 19.1 Å². The molecule has 28 heavy (non-hydrogen) atoms. The van der Waals surface area contributed by atoms with Gasteiger partial charge in [-0.05, 0) is 19.4 Å². The van der Waals surface area contributed by atoms with Crippen LogP contribution in [0.3, 0.4) is 0 Å². The monoisotopic (exact) mass is 378 g/mol. The third kappa shape index (κ3) is 1.94. The first-order valence-electron chi connectivity index (χ1n) is 9.57. The minimum absolute atomic E-state index is 0.105. The molecule has 3 fully saturated rings. The Morgan fingerprint density at radius 3 is 2.32 bits per heavy atom. The third-order valence-electron chi connectivity index (χ3n) is 6.23. The van der Waals surface area contributed by atoms with E-state index in [1.54, 1.807) is 16.7 Å². The number of carbonyl (C=O) groups is 2. The average Bonchev–Trinajstić information content (AvgIpc) is 3.28. The molecule has 3 heterocycles. The Balaban J connectivity index is 1.59. The topological polar surface area (TPSA) is 59.1 Å². The van der Waals surface area contributed by atoms with Gasteiger partial charge in [0.05, 0.1) is 6.61 Å². The molecule has 0 radical (unpaired) electrons. The highest BCUT2D eigenvalue weighted by Crippen LogP contribution is 2.57. The molecular formula is C22H22N2O4. The second kappa shape index (κ2) is 5.90. The van der Waals surface area contributed by atoms with Gasteiger partial charge in [0.1, 0.15) is 6.23 Å². The fraction of sp³-hybridized carbons (Fsp3) is 0.364. The van der Waals surface area contributed by atoms with E-state index in [2.05, 4.69) is 0 Å². The number of rotatable bonds is 3. The number of amides is 2. The molecule has 3 aliphatic heterocycles. The smallest absolute Gasteiger partial charge is 0.259 e. The first-order valence-corrected chi connectivity index (χ1v) is 9.57. The van der Waals surface area contributed by atoms with E-state index in [9.17, 15) is 9.59 Å². The normalized spacial score (nSPS) is 34.5. The van der Waals surface area contributed by atoms with Crippen molar-refractivity contribution in [3.05, 3.63) is 71.8 Å². The van der Waals surface area contributed by atoms with E-state index in [0.717, 1.165) is 11.1 Å². The van der Waals surface area contributed by atoms with Crippen LogP contribution < -0.4 is 0 Å². The summed E-state index contributed by atoms with van der Waals surface area (Å²) in [5, 5.41) is 0. The molecule has 4 atom stereocenters. The number of benzene rings is 2. The molecule has 6 nitrogen and oxygen atoms in total. The molecule has 2 aromatic carbocycles. The first-order chi connectivity index (χ1) is 13.5. The molecule has 144 valence electrons. The van der Waals surface area contributed by atoms with Crippen LogP contribution in [0.2, 0.25) is 0 Å². The molecule has 0 saturated carbocycles. The second-order valence-electron chi connectivity index (χ2n) is 7.62. The van der Waals surface area contributed by atoms with Crippen LogP contribution in [0, 0.1) is 0 Å². The molecule has 5 rings (SSSR count). The van der Waals surface area contributed by atoms with Gasteiger partial charge < -0.3 is 14.4 Å². The second-order valence-corrected chi connectivity index (χ2v) is 7.62. The quantitative estimate of drug-likeness (QED) is 0.770. The Morgan fingerprint density at radius 2 is 1.64 bits per heavy atom. The first kappa shape index (κ1) is 17.4. The maximum atomic E-state index is 13.4. The van der Waals surface area contributed by atoms with Gasteiger partial charge in [0.2, 0.25) is 5.72 Å². The van der Waals surface area contributed by atoms with Crippen LogP contribution in [0.5, 0.6) is 0 Å². The number of hydrogen-bond acceptors (Lipinski definition) is 4. The van der Waals surface area contributed by atoms with Crippen LogP contribution >= 0.6 is 0 Å². The van der Waals surface area contributed by atoms with Gasteiger partial charge in [-0.25, -0.2) is 0 Å². The fourth-order valence-corrected chi connectivity index (χ4v) is 5.03. The van der Waals surface area contributed by atoms with Gasteiger partial charge in [-0.2, -0.15) is 0 Å². The molecule has 0 aliphatic carbocycles. The van der Waals surface area contributed by atoms with Crippen molar-refractivity contribution in [2.45, 2.75) is 37.4 Å². The summed E-state index contributed by atoms with van der Waals surface area (Å²) in [6, 6.07) is 19.1. The van der Waals surface area contributed by atoms with Gasteiger partial charge in [0.25, 0.3) is 11.8 Å². The van der Waals surface area contributed by atoms with Gasteiger partial charge in [-0.1, -0.05) is 60.7 Å². The number of carbonyl (C=O) groups excluding carboxylic acids is 2. The number of β-lactam (4-membered cyclic amide) rings is 1. The summed E-state index contributed by atoms with van der Waals surface area (Å²) in [5.41, 5.74) is -0.484. The lowest BCUT2D eigenvalue weighted by Crippen LogP contribution is -2.83. The predicted molar refractivity (Wildman–Crippen MR) is 101 cm³/mol. The van der Waals surface area contributed by atoms with Gasteiger partial charge in [0, 0.05) is 12.1 Å². The zero-order valence-corrected chi connectivity index (χ0v) is 15.9. The number of hydrogen-bond donors (Lipinski definition) is 0. The summed E-state index contributed by atoms with van der Waals surface area (Å²) in [4.78, 5) is 30.0. The Labute approximate surface area is 163 Å². The van der Waals surface area contributed by atoms with Crippen molar-refractivity contribution in [2.24, 2.45) is 0 Å². The predicted octanol–water partition coefficient (Wildman–Crippen LogP) is 2.42. The Bertz CT molecular complexity index is 934. The average molecular weight is 378 g/mol. The largest absolute Gasteiger partial charge is 0.347 e. The summed E-state index contributed by atoms with van der Waals surface area (Å²) >= 11 is 0. The lowest BCUT2D eigenvalue weighted by atomic mass is 9.71. The van der Waals surface area contributed by atoms with E-state index in [4.69, 9.17) is 9.47 Å². The molecule has 0 unspecified atom stereocenters. The van der Waals surface area contributed by atoms with Crippen molar-refractivity contribution >= 4 is 11.8 Å². The SMILES string of the molecule is C[C@@H]1O[C@@H](c2ccccc2)C(=O)N1[C@]1(C)C(=O)N2CCO[C@@]21c1ccccc1. The van der Waals surface area contributed by atoms with E-state index in [0.29, 0.717) is 13.2 Å². The molecule has 3 aliphatic rings. The molecule has 6 heteroatoms. The molecule has 0 bridgehead atoms. The fourth-order valence-electron chi connectivity index (χ4n) is 5.03. The van der Waals surface area contributed by atoms with Crippen molar-refractivity contribution in [3.8, 4) is 0 Å². The molecule has 0 aromatic heterocycles. The Morgan fingerprint density at radius 1 is 1.00 bits per heavy atom. The zero-order chi connectivity index (χ0) is 19.5. The number of nitrogens with zero attached hydrogens (tertiary/aromatic N) is 2. The number of fused-ring (bicyclic) bond motifs is 1. The standard InChI is InChI=1S/C22H22N2O4/c1-15-24(19(25)18(28-15)16-9-5-3-6-10-16)21(2)20(26)23-13-14-27-22(21,23)17-11-7-4-8-12-17/h3-12,15,18H,13-14H2,1-2H3/t15-,18-,21+,22+/m0/s1. The molecule has 0 spiro atoms. The number of ether oxygens (including phenoxy) is 2. The van der Waals surface area contributed by atoms with Gasteiger partial charge in [-0.3, -0.25) is 14.5 Å². The Kier molecular flexibility index (Phi) is 3.66. The van der Waals surface area contributed by atoms with Crippen molar-refractivity contribution in [3.63, 3.8) is 0 Å². The highest BCUT2D eigenvalue weighted by Gasteiger charge is 2.77.